The molecule has 2 rings (SSSR count). The van der Waals surface area contributed by atoms with Gasteiger partial charge in [-0.15, -0.1) is 0 Å². The first-order valence-electron chi connectivity index (χ1n) is 6.63. The molecular formula is C15H22O2. The van der Waals surface area contributed by atoms with Gasteiger partial charge in [0.1, 0.15) is 5.75 Å². The van der Waals surface area contributed by atoms with Crippen molar-refractivity contribution in [3.8, 4) is 5.75 Å². The van der Waals surface area contributed by atoms with Gasteiger partial charge in [0.2, 0.25) is 0 Å². The van der Waals surface area contributed by atoms with E-state index in [4.69, 9.17) is 9.84 Å². The second kappa shape index (κ2) is 6.06. The first-order valence-corrected chi connectivity index (χ1v) is 6.63. The van der Waals surface area contributed by atoms with E-state index in [1.165, 1.54) is 36.8 Å². The summed E-state index contributed by atoms with van der Waals surface area (Å²) in [6.07, 6.45) is 7.09. The van der Waals surface area contributed by atoms with E-state index in [-0.39, 0.29) is 6.61 Å². The number of aliphatic hydroxyl groups is 1. The molecule has 1 aromatic carbocycles. The molecule has 0 saturated heterocycles. The molecule has 1 fully saturated rings. The van der Waals surface area contributed by atoms with Crippen LogP contribution in [0.2, 0.25) is 0 Å². The maximum absolute atomic E-state index is 8.93. The van der Waals surface area contributed by atoms with Crippen LogP contribution in [0, 0.1) is 0 Å². The highest BCUT2D eigenvalue weighted by Gasteiger charge is 2.18. The quantitative estimate of drug-likeness (QED) is 0.847. The third-order valence-corrected chi connectivity index (χ3v) is 3.74. The van der Waals surface area contributed by atoms with Gasteiger partial charge >= 0.3 is 0 Å². The lowest BCUT2D eigenvalue weighted by Crippen LogP contribution is -1.99. The van der Waals surface area contributed by atoms with Crippen molar-refractivity contribution in [2.24, 2.45) is 0 Å². The summed E-state index contributed by atoms with van der Waals surface area (Å²) in [6.45, 7) is 0.247. The molecule has 2 nitrogen and oxygen atoms in total. The molecule has 17 heavy (non-hydrogen) atoms. The third-order valence-electron chi connectivity index (χ3n) is 3.74. The zero-order valence-electron chi connectivity index (χ0n) is 10.6. The number of benzene rings is 1. The Labute approximate surface area is 104 Å². The van der Waals surface area contributed by atoms with E-state index in [0.29, 0.717) is 0 Å². The average Bonchev–Trinajstić information content (AvgIpc) is 2.89. The number of rotatable bonds is 5. The molecule has 1 saturated carbocycles. The lowest BCUT2D eigenvalue weighted by molar-refractivity contribution is 0.287. The molecule has 0 aromatic heterocycles. The van der Waals surface area contributed by atoms with Crippen LogP contribution < -0.4 is 4.74 Å². The van der Waals surface area contributed by atoms with Gasteiger partial charge in [-0.05, 0) is 48.8 Å². The summed E-state index contributed by atoms with van der Waals surface area (Å²) in [4.78, 5) is 0. The standard InChI is InChI=1S/C15H22O2/c1-17-15-9-8-13(12-5-2-3-6-12)11-14(15)7-4-10-16/h8-9,11-12,16H,2-7,10H2,1H3. The van der Waals surface area contributed by atoms with Crippen molar-refractivity contribution in [2.45, 2.75) is 44.4 Å². The Hall–Kier alpha value is -1.02. The van der Waals surface area contributed by atoms with Gasteiger partial charge in [0.05, 0.1) is 7.11 Å². The van der Waals surface area contributed by atoms with Crippen molar-refractivity contribution in [2.75, 3.05) is 13.7 Å². The first-order chi connectivity index (χ1) is 8.35. The third kappa shape index (κ3) is 3.01. The van der Waals surface area contributed by atoms with Crippen LogP contribution in [0.5, 0.6) is 5.75 Å². The molecule has 2 heteroatoms. The number of aliphatic hydroxyl groups excluding tert-OH is 1. The smallest absolute Gasteiger partial charge is 0.122 e. The van der Waals surface area contributed by atoms with Crippen molar-refractivity contribution in [3.63, 3.8) is 0 Å². The van der Waals surface area contributed by atoms with Gasteiger partial charge in [-0.3, -0.25) is 0 Å². The van der Waals surface area contributed by atoms with Gasteiger partial charge in [0.25, 0.3) is 0 Å². The van der Waals surface area contributed by atoms with E-state index in [0.717, 1.165) is 24.5 Å². The van der Waals surface area contributed by atoms with Crippen molar-refractivity contribution in [3.05, 3.63) is 29.3 Å². The van der Waals surface area contributed by atoms with E-state index in [1.807, 2.05) is 0 Å². The van der Waals surface area contributed by atoms with E-state index in [1.54, 1.807) is 7.11 Å². The van der Waals surface area contributed by atoms with Crippen molar-refractivity contribution < 1.29 is 9.84 Å². The van der Waals surface area contributed by atoms with Gasteiger partial charge in [-0.25, -0.2) is 0 Å². The van der Waals surface area contributed by atoms with Crippen LogP contribution in [0.1, 0.15) is 49.1 Å². The van der Waals surface area contributed by atoms with Gasteiger partial charge < -0.3 is 9.84 Å². The predicted octanol–water partition coefficient (Wildman–Crippen LogP) is 3.28. The Kier molecular flexibility index (Phi) is 4.43. The average molecular weight is 234 g/mol. The summed E-state index contributed by atoms with van der Waals surface area (Å²) in [5.74, 6) is 1.70. The predicted molar refractivity (Wildman–Crippen MR) is 69.6 cm³/mol. The highest BCUT2D eigenvalue weighted by atomic mass is 16.5. The fourth-order valence-corrected chi connectivity index (χ4v) is 2.78. The highest BCUT2D eigenvalue weighted by Crippen LogP contribution is 2.36. The monoisotopic (exact) mass is 234 g/mol. The van der Waals surface area contributed by atoms with Gasteiger partial charge in [0.15, 0.2) is 0 Å². The van der Waals surface area contributed by atoms with Crippen molar-refractivity contribution >= 4 is 0 Å². The van der Waals surface area contributed by atoms with Crippen LogP contribution in [-0.2, 0) is 6.42 Å². The lowest BCUT2D eigenvalue weighted by Gasteiger charge is -2.14. The largest absolute Gasteiger partial charge is 0.496 e. The molecule has 0 spiro atoms. The lowest BCUT2D eigenvalue weighted by atomic mass is 9.94. The number of hydrogen-bond donors (Lipinski definition) is 1. The molecule has 1 N–H and O–H groups in total. The van der Waals surface area contributed by atoms with E-state index < -0.39 is 0 Å². The van der Waals surface area contributed by atoms with Gasteiger partial charge in [0, 0.05) is 6.61 Å². The first kappa shape index (κ1) is 12.4. The zero-order chi connectivity index (χ0) is 12.1. The van der Waals surface area contributed by atoms with Crippen LogP contribution in [-0.4, -0.2) is 18.8 Å². The maximum Gasteiger partial charge on any atom is 0.122 e. The SMILES string of the molecule is COc1ccc(C2CCCC2)cc1CCCO. The maximum atomic E-state index is 8.93. The Morgan fingerprint density at radius 1 is 1.29 bits per heavy atom. The second-order valence-electron chi connectivity index (χ2n) is 4.88. The van der Waals surface area contributed by atoms with Crippen LogP contribution >= 0.6 is 0 Å². The highest BCUT2D eigenvalue weighted by molar-refractivity contribution is 5.39. The molecule has 0 bridgehead atoms. The zero-order valence-corrected chi connectivity index (χ0v) is 10.6. The normalized spacial score (nSPS) is 16.4. The van der Waals surface area contributed by atoms with Crippen LogP contribution in [0.4, 0.5) is 0 Å². The molecule has 1 aliphatic carbocycles. The molecule has 0 heterocycles. The topological polar surface area (TPSA) is 29.5 Å². The molecule has 0 radical (unpaired) electrons. The van der Waals surface area contributed by atoms with Crippen molar-refractivity contribution in [1.29, 1.82) is 0 Å². The Bertz CT molecular complexity index is 354. The summed E-state index contributed by atoms with van der Waals surface area (Å²) in [5.41, 5.74) is 2.70. The molecule has 0 unspecified atom stereocenters. The van der Waals surface area contributed by atoms with Crippen LogP contribution in [0.3, 0.4) is 0 Å². The molecular weight excluding hydrogens is 212 g/mol. The molecule has 1 aromatic rings. The number of aryl methyl sites for hydroxylation is 1. The van der Waals surface area contributed by atoms with Gasteiger partial charge in [-0.1, -0.05) is 25.0 Å². The Balaban J connectivity index is 2.17. The fourth-order valence-electron chi connectivity index (χ4n) is 2.78. The van der Waals surface area contributed by atoms with E-state index >= 15 is 0 Å². The molecule has 0 amide bonds. The molecule has 94 valence electrons. The molecule has 0 atom stereocenters. The summed E-state index contributed by atoms with van der Waals surface area (Å²) in [5, 5.41) is 8.93. The number of methoxy groups -OCH3 is 1. The minimum atomic E-state index is 0.247. The number of ether oxygens (including phenoxy) is 1. The van der Waals surface area contributed by atoms with Crippen LogP contribution in [0.25, 0.3) is 0 Å². The summed E-state index contributed by atoms with van der Waals surface area (Å²) < 4.78 is 5.38. The summed E-state index contributed by atoms with van der Waals surface area (Å²) >= 11 is 0. The Morgan fingerprint density at radius 2 is 2.06 bits per heavy atom. The number of hydrogen-bond acceptors (Lipinski definition) is 2. The minimum absolute atomic E-state index is 0.247. The summed E-state index contributed by atoms with van der Waals surface area (Å²) in [7, 11) is 1.72. The Morgan fingerprint density at radius 3 is 2.71 bits per heavy atom. The second-order valence-corrected chi connectivity index (χ2v) is 4.88. The fraction of sp³-hybridized carbons (Fsp3) is 0.600. The van der Waals surface area contributed by atoms with Gasteiger partial charge in [-0.2, -0.15) is 0 Å². The van der Waals surface area contributed by atoms with E-state index in [2.05, 4.69) is 18.2 Å². The van der Waals surface area contributed by atoms with E-state index in [9.17, 15) is 0 Å². The summed E-state index contributed by atoms with van der Waals surface area (Å²) in [6, 6.07) is 6.57. The van der Waals surface area contributed by atoms with Crippen molar-refractivity contribution in [1.82, 2.24) is 0 Å². The molecule has 0 aliphatic heterocycles. The minimum Gasteiger partial charge on any atom is -0.496 e. The van der Waals surface area contributed by atoms with Crippen LogP contribution in [0.15, 0.2) is 18.2 Å². The molecule has 1 aliphatic rings.